The van der Waals surface area contributed by atoms with Crippen molar-refractivity contribution in [3.8, 4) is 0 Å². The van der Waals surface area contributed by atoms with Crippen LogP contribution in [0.3, 0.4) is 0 Å². The van der Waals surface area contributed by atoms with E-state index in [1.165, 1.54) is 12.1 Å². The smallest absolute Gasteiger partial charge is 0.123 e. The van der Waals surface area contributed by atoms with Crippen molar-refractivity contribution >= 4 is 35.4 Å². The standard InChI is InChI=1S/C22H27ClFN3OS.C2H6O/c1-29-16-22(18-6-9-20(24)10-7-18)27(14-3-12-25-13-15-28)17-26-21-5-2-4-19(23)8-11-21;1-3-2/h2,4,6-11,16-17,25,28H,3,5,12-15H2,1H3;1-2H3/b22-16-,26-17?;. The van der Waals surface area contributed by atoms with Gasteiger partial charge in [0.05, 0.1) is 18.6 Å². The minimum Gasteiger partial charge on any atom is -0.395 e. The molecule has 8 heteroatoms. The normalized spacial score (nSPS) is 13.9. The van der Waals surface area contributed by atoms with Gasteiger partial charge in [-0.3, -0.25) is 0 Å². The molecule has 0 fully saturated rings. The van der Waals surface area contributed by atoms with E-state index in [0.29, 0.717) is 18.0 Å². The fraction of sp³-hybridized carbons (Fsp3) is 0.375. The molecule has 5 nitrogen and oxygen atoms in total. The summed E-state index contributed by atoms with van der Waals surface area (Å²) in [6.07, 6.45) is 13.0. The topological polar surface area (TPSA) is 57.1 Å². The molecule has 2 rings (SSSR count). The first-order valence-corrected chi connectivity index (χ1v) is 12.0. The Kier molecular flexibility index (Phi) is 15.5. The summed E-state index contributed by atoms with van der Waals surface area (Å²) in [5.74, 6) is -0.260. The summed E-state index contributed by atoms with van der Waals surface area (Å²) in [6, 6.07) is 6.48. The minimum atomic E-state index is -0.260. The monoisotopic (exact) mass is 481 g/mol. The molecule has 0 saturated heterocycles. The molecule has 0 saturated carbocycles. The van der Waals surface area contributed by atoms with Gasteiger partial charge in [0.2, 0.25) is 0 Å². The van der Waals surface area contributed by atoms with Crippen LogP contribution in [0.1, 0.15) is 18.4 Å². The van der Waals surface area contributed by atoms with E-state index in [4.69, 9.17) is 16.7 Å². The Balaban J connectivity index is 0.00000161. The van der Waals surface area contributed by atoms with Gasteiger partial charge in [-0.25, -0.2) is 9.38 Å². The fourth-order valence-corrected chi connectivity index (χ4v) is 3.33. The molecule has 176 valence electrons. The van der Waals surface area contributed by atoms with Gasteiger partial charge in [0.15, 0.2) is 0 Å². The predicted octanol–water partition coefficient (Wildman–Crippen LogP) is 5.02. The molecule has 0 bridgehead atoms. The Morgan fingerprint density at radius 3 is 2.66 bits per heavy atom. The Bertz CT molecular complexity index is 808. The lowest BCUT2D eigenvalue weighted by Gasteiger charge is -2.23. The van der Waals surface area contributed by atoms with Crippen molar-refractivity contribution in [3.05, 3.63) is 76.1 Å². The summed E-state index contributed by atoms with van der Waals surface area (Å²) in [6.45, 7) is 2.21. The molecular weight excluding hydrogens is 449 g/mol. The molecule has 1 aromatic carbocycles. The highest BCUT2D eigenvalue weighted by molar-refractivity contribution is 8.01. The zero-order chi connectivity index (χ0) is 23.6. The number of thioether (sulfide) groups is 1. The van der Waals surface area contributed by atoms with E-state index in [0.717, 1.165) is 36.5 Å². The molecule has 0 radical (unpaired) electrons. The van der Waals surface area contributed by atoms with Crippen molar-refractivity contribution in [2.45, 2.75) is 12.8 Å². The van der Waals surface area contributed by atoms with Crippen LogP contribution >= 0.6 is 23.4 Å². The van der Waals surface area contributed by atoms with E-state index in [9.17, 15) is 4.39 Å². The summed E-state index contributed by atoms with van der Waals surface area (Å²) in [4.78, 5) is 6.74. The van der Waals surface area contributed by atoms with Crippen molar-refractivity contribution < 1.29 is 14.2 Å². The second-order valence-corrected chi connectivity index (χ2v) is 7.88. The zero-order valence-corrected chi connectivity index (χ0v) is 20.5. The van der Waals surface area contributed by atoms with Crippen molar-refractivity contribution in [2.75, 3.05) is 46.7 Å². The number of nitrogens with zero attached hydrogens (tertiary/aromatic N) is 2. The predicted molar refractivity (Wildman–Crippen MR) is 136 cm³/mol. The van der Waals surface area contributed by atoms with Crippen LogP contribution in [0.15, 0.2) is 69.7 Å². The van der Waals surface area contributed by atoms with Crippen LogP contribution in [0.5, 0.6) is 0 Å². The third-order valence-corrected chi connectivity index (χ3v) is 4.83. The number of ether oxygens (including phenoxy) is 1. The minimum absolute atomic E-state index is 0.121. The molecule has 0 aliphatic heterocycles. The van der Waals surface area contributed by atoms with Crippen LogP contribution in [0.25, 0.3) is 5.70 Å². The maximum atomic E-state index is 13.4. The lowest BCUT2D eigenvalue weighted by atomic mass is 10.1. The van der Waals surface area contributed by atoms with E-state index >= 15 is 0 Å². The molecule has 1 aliphatic rings. The number of rotatable bonds is 11. The maximum absolute atomic E-state index is 13.4. The highest BCUT2D eigenvalue weighted by Crippen LogP contribution is 2.23. The number of aliphatic hydroxyl groups excluding tert-OH is 1. The molecule has 1 aliphatic carbocycles. The SMILES string of the molecule is COC.CS/C=C(/c1ccc(F)cc1)N(C=NC1=CC=C(Cl)C=CC1)CCCNCCO. The van der Waals surface area contributed by atoms with Gasteiger partial charge in [-0.05, 0) is 72.7 Å². The highest BCUT2D eigenvalue weighted by Gasteiger charge is 2.11. The Morgan fingerprint density at radius 2 is 2.00 bits per heavy atom. The van der Waals surface area contributed by atoms with Gasteiger partial charge in [-0.2, -0.15) is 0 Å². The first kappa shape index (κ1) is 28.1. The van der Waals surface area contributed by atoms with Crippen molar-refractivity contribution in [2.24, 2.45) is 4.99 Å². The number of allylic oxidation sites excluding steroid dienone is 5. The fourth-order valence-electron chi connectivity index (χ4n) is 2.68. The summed E-state index contributed by atoms with van der Waals surface area (Å²) in [7, 11) is 3.25. The molecule has 32 heavy (non-hydrogen) atoms. The Morgan fingerprint density at radius 1 is 1.28 bits per heavy atom. The lowest BCUT2D eigenvalue weighted by molar-refractivity contribution is 0.277. The number of halogens is 2. The van der Waals surface area contributed by atoms with Crippen LogP contribution in [0, 0.1) is 5.82 Å². The average molecular weight is 482 g/mol. The molecule has 0 aromatic heterocycles. The van der Waals surface area contributed by atoms with Gasteiger partial charge in [0.25, 0.3) is 0 Å². The van der Waals surface area contributed by atoms with Gasteiger partial charge in [-0.1, -0.05) is 17.7 Å². The number of aliphatic imine (C=N–C) groups is 1. The average Bonchev–Trinajstić information content (AvgIpc) is 2.99. The quantitative estimate of drug-likeness (QED) is 0.264. The number of methoxy groups -OCH3 is 1. The molecule has 2 N–H and O–H groups in total. The molecule has 1 aromatic rings. The number of hydrogen-bond acceptors (Lipinski definition) is 5. The van der Waals surface area contributed by atoms with Gasteiger partial charge < -0.3 is 20.1 Å². The Labute approximate surface area is 200 Å². The first-order chi connectivity index (χ1) is 15.5. The molecule has 0 atom stereocenters. The largest absolute Gasteiger partial charge is 0.395 e. The van der Waals surface area contributed by atoms with Gasteiger partial charge in [0, 0.05) is 44.5 Å². The zero-order valence-electron chi connectivity index (χ0n) is 18.9. The second kappa shape index (κ2) is 17.6. The summed E-state index contributed by atoms with van der Waals surface area (Å²) < 4.78 is 17.6. The summed E-state index contributed by atoms with van der Waals surface area (Å²) in [5, 5.41) is 14.8. The number of nitrogens with one attached hydrogen (secondary N) is 1. The van der Waals surface area contributed by atoms with E-state index in [1.54, 1.807) is 38.1 Å². The van der Waals surface area contributed by atoms with E-state index in [-0.39, 0.29) is 12.4 Å². The highest BCUT2D eigenvalue weighted by atomic mass is 35.5. The van der Waals surface area contributed by atoms with Crippen LogP contribution < -0.4 is 5.32 Å². The third-order valence-electron chi connectivity index (χ3n) is 4.12. The summed E-state index contributed by atoms with van der Waals surface area (Å²) >= 11 is 7.63. The van der Waals surface area contributed by atoms with E-state index in [2.05, 4.69) is 19.9 Å². The van der Waals surface area contributed by atoms with Crippen molar-refractivity contribution in [1.82, 2.24) is 10.2 Å². The van der Waals surface area contributed by atoms with Gasteiger partial charge in [0.1, 0.15) is 5.82 Å². The molecule has 0 spiro atoms. The van der Waals surface area contributed by atoms with Crippen LogP contribution in [0.4, 0.5) is 4.39 Å². The van der Waals surface area contributed by atoms with Crippen molar-refractivity contribution in [3.63, 3.8) is 0 Å². The Hall–Kier alpha value is -1.90. The van der Waals surface area contributed by atoms with E-state index in [1.807, 2.05) is 42.3 Å². The lowest BCUT2D eigenvalue weighted by Crippen LogP contribution is -2.26. The van der Waals surface area contributed by atoms with Crippen molar-refractivity contribution in [1.29, 1.82) is 0 Å². The van der Waals surface area contributed by atoms with E-state index < -0.39 is 0 Å². The maximum Gasteiger partial charge on any atom is 0.123 e. The number of hydrogen-bond donors (Lipinski definition) is 2. The van der Waals surface area contributed by atoms with Crippen LogP contribution in [-0.2, 0) is 4.74 Å². The molecular formula is C24H33ClFN3O2S. The number of benzene rings is 1. The third kappa shape index (κ3) is 11.6. The van der Waals surface area contributed by atoms with Gasteiger partial charge >= 0.3 is 0 Å². The first-order valence-electron chi connectivity index (χ1n) is 10.3. The van der Waals surface area contributed by atoms with Crippen LogP contribution in [0.2, 0.25) is 0 Å². The second-order valence-electron chi connectivity index (χ2n) is 6.74. The van der Waals surface area contributed by atoms with Gasteiger partial charge in [-0.15, -0.1) is 11.8 Å². The molecule has 0 amide bonds. The van der Waals surface area contributed by atoms with Crippen LogP contribution in [-0.4, -0.2) is 63.1 Å². The molecule has 0 unspecified atom stereocenters. The molecule has 0 heterocycles. The summed E-state index contributed by atoms with van der Waals surface area (Å²) in [5.41, 5.74) is 2.79. The number of aliphatic hydroxyl groups is 1.